The van der Waals surface area contributed by atoms with E-state index in [-0.39, 0.29) is 11.8 Å². The summed E-state index contributed by atoms with van der Waals surface area (Å²) >= 11 is 0. The summed E-state index contributed by atoms with van der Waals surface area (Å²) in [6.45, 7) is 1.04. The summed E-state index contributed by atoms with van der Waals surface area (Å²) in [7, 11) is 3.95. The van der Waals surface area contributed by atoms with Crippen LogP contribution < -0.4 is 15.7 Å². The van der Waals surface area contributed by atoms with Gasteiger partial charge in [0.1, 0.15) is 0 Å². The predicted molar refractivity (Wildman–Crippen MR) is 120 cm³/mol. The Morgan fingerprint density at radius 3 is 2.23 bits per heavy atom. The Bertz CT molecular complexity index is 761. The standard InChI is InChI=1S/C24H33N3O3/c1-27(2)22-16-14-21(15-17-22)24(29)25-18-10-5-3-4-9-13-23(28)26-30-19-20-11-7-6-8-12-20/h6-8,11-12,14-17H,3-5,9-10,13,18-19H2,1-2H3,(H,25,29)(H,26,28). The van der Waals surface area contributed by atoms with Gasteiger partial charge in [0.05, 0.1) is 6.61 Å². The fraction of sp³-hybridized carbons (Fsp3) is 0.417. The van der Waals surface area contributed by atoms with E-state index in [4.69, 9.17) is 4.84 Å². The molecule has 0 aliphatic heterocycles. The highest BCUT2D eigenvalue weighted by Gasteiger charge is 2.05. The number of nitrogens with zero attached hydrogens (tertiary/aromatic N) is 1. The number of unbranched alkanes of at least 4 members (excludes halogenated alkanes) is 4. The maximum Gasteiger partial charge on any atom is 0.251 e. The van der Waals surface area contributed by atoms with Gasteiger partial charge in [0.25, 0.3) is 5.91 Å². The molecule has 0 saturated heterocycles. The second-order valence-corrected chi connectivity index (χ2v) is 7.51. The van der Waals surface area contributed by atoms with Crippen molar-refractivity contribution in [2.45, 2.75) is 45.1 Å². The third kappa shape index (κ3) is 9.09. The van der Waals surface area contributed by atoms with Crippen LogP contribution in [0.1, 0.15) is 54.4 Å². The third-order valence-corrected chi connectivity index (χ3v) is 4.78. The Kier molecular flexibility index (Phi) is 10.4. The van der Waals surface area contributed by atoms with E-state index in [1.165, 1.54) is 0 Å². The first-order chi connectivity index (χ1) is 14.6. The maximum atomic E-state index is 12.1. The zero-order valence-corrected chi connectivity index (χ0v) is 18.0. The average Bonchev–Trinajstić information content (AvgIpc) is 2.76. The fourth-order valence-corrected chi connectivity index (χ4v) is 2.98. The smallest absolute Gasteiger partial charge is 0.251 e. The van der Waals surface area contributed by atoms with Gasteiger partial charge in [-0.2, -0.15) is 0 Å². The summed E-state index contributed by atoms with van der Waals surface area (Å²) in [4.78, 5) is 31.1. The largest absolute Gasteiger partial charge is 0.378 e. The third-order valence-electron chi connectivity index (χ3n) is 4.78. The molecule has 0 radical (unpaired) electrons. The van der Waals surface area contributed by atoms with Gasteiger partial charge < -0.3 is 10.2 Å². The number of nitrogens with one attached hydrogen (secondary N) is 2. The molecule has 2 rings (SSSR count). The molecule has 0 spiro atoms. The highest BCUT2D eigenvalue weighted by molar-refractivity contribution is 5.94. The zero-order chi connectivity index (χ0) is 21.6. The number of benzene rings is 2. The van der Waals surface area contributed by atoms with E-state index in [2.05, 4.69) is 10.8 Å². The predicted octanol–water partition coefficient (Wildman–Crippen LogP) is 4.07. The Labute approximate surface area is 179 Å². The van der Waals surface area contributed by atoms with Crippen molar-refractivity contribution in [2.24, 2.45) is 0 Å². The van der Waals surface area contributed by atoms with Gasteiger partial charge in [0.2, 0.25) is 5.91 Å². The van der Waals surface area contributed by atoms with Crippen molar-refractivity contribution in [2.75, 3.05) is 25.5 Å². The highest BCUT2D eigenvalue weighted by atomic mass is 16.6. The van der Waals surface area contributed by atoms with E-state index in [0.29, 0.717) is 25.1 Å². The number of hydrogen-bond donors (Lipinski definition) is 2. The minimum atomic E-state index is -0.0847. The van der Waals surface area contributed by atoms with Crippen LogP contribution in [0.15, 0.2) is 54.6 Å². The zero-order valence-electron chi connectivity index (χ0n) is 18.0. The number of hydroxylamine groups is 1. The molecule has 2 amide bonds. The molecule has 2 aromatic carbocycles. The van der Waals surface area contributed by atoms with Crippen molar-refractivity contribution < 1.29 is 14.4 Å². The fourth-order valence-electron chi connectivity index (χ4n) is 2.98. The van der Waals surface area contributed by atoms with Gasteiger partial charge in [-0.1, -0.05) is 49.6 Å². The number of anilines is 1. The van der Waals surface area contributed by atoms with Gasteiger partial charge in [0.15, 0.2) is 0 Å². The van der Waals surface area contributed by atoms with Crippen LogP contribution in [0, 0.1) is 0 Å². The first-order valence-corrected chi connectivity index (χ1v) is 10.6. The van der Waals surface area contributed by atoms with E-state index in [1.54, 1.807) is 0 Å². The number of amides is 2. The lowest BCUT2D eigenvalue weighted by molar-refractivity contribution is -0.134. The quantitative estimate of drug-likeness (QED) is 0.385. The topological polar surface area (TPSA) is 70.7 Å². The number of rotatable bonds is 13. The molecule has 6 heteroatoms. The van der Waals surface area contributed by atoms with Crippen molar-refractivity contribution in [3.05, 3.63) is 65.7 Å². The van der Waals surface area contributed by atoms with E-state index < -0.39 is 0 Å². The molecule has 0 saturated carbocycles. The molecule has 2 N–H and O–H groups in total. The van der Waals surface area contributed by atoms with Crippen LogP contribution in [-0.2, 0) is 16.2 Å². The molecule has 0 aliphatic rings. The lowest BCUT2D eigenvalue weighted by Gasteiger charge is -2.12. The summed E-state index contributed by atoms with van der Waals surface area (Å²) in [6.07, 6.45) is 5.32. The molecule has 6 nitrogen and oxygen atoms in total. The molecule has 0 aliphatic carbocycles. The summed E-state index contributed by atoms with van der Waals surface area (Å²) in [5.41, 5.74) is 5.27. The second kappa shape index (κ2) is 13.4. The van der Waals surface area contributed by atoms with Crippen molar-refractivity contribution in [3.63, 3.8) is 0 Å². The highest BCUT2D eigenvalue weighted by Crippen LogP contribution is 2.12. The summed E-state index contributed by atoms with van der Waals surface area (Å²) < 4.78 is 0. The van der Waals surface area contributed by atoms with Crippen LogP contribution in [0.2, 0.25) is 0 Å². The molecular formula is C24H33N3O3. The Balaban J connectivity index is 1.45. The average molecular weight is 412 g/mol. The van der Waals surface area contributed by atoms with Gasteiger partial charge in [0, 0.05) is 38.3 Å². The summed E-state index contributed by atoms with van der Waals surface area (Å²) in [5, 5.41) is 2.96. The van der Waals surface area contributed by atoms with Crippen LogP contribution >= 0.6 is 0 Å². The van der Waals surface area contributed by atoms with Crippen LogP contribution in [0.5, 0.6) is 0 Å². The van der Waals surface area contributed by atoms with Crippen molar-refractivity contribution in [1.29, 1.82) is 0 Å². The number of hydrogen-bond acceptors (Lipinski definition) is 4. The van der Waals surface area contributed by atoms with Gasteiger partial charge >= 0.3 is 0 Å². The lowest BCUT2D eigenvalue weighted by Crippen LogP contribution is -2.24. The molecule has 0 bridgehead atoms. The molecular weight excluding hydrogens is 378 g/mol. The molecule has 0 aromatic heterocycles. The van der Waals surface area contributed by atoms with Gasteiger partial charge in [-0.15, -0.1) is 0 Å². The first kappa shape index (κ1) is 23.4. The van der Waals surface area contributed by atoms with Crippen LogP contribution in [0.3, 0.4) is 0 Å². The van der Waals surface area contributed by atoms with Gasteiger partial charge in [-0.3, -0.25) is 14.4 Å². The van der Waals surface area contributed by atoms with Crippen molar-refractivity contribution in [1.82, 2.24) is 10.8 Å². The van der Waals surface area contributed by atoms with Crippen molar-refractivity contribution >= 4 is 17.5 Å². The molecule has 0 heterocycles. The molecule has 162 valence electrons. The van der Waals surface area contributed by atoms with E-state index >= 15 is 0 Å². The van der Waals surface area contributed by atoms with Crippen molar-refractivity contribution in [3.8, 4) is 0 Å². The minimum absolute atomic E-state index is 0.0347. The van der Waals surface area contributed by atoms with Crippen LogP contribution in [-0.4, -0.2) is 32.5 Å². The van der Waals surface area contributed by atoms with Crippen LogP contribution in [0.4, 0.5) is 5.69 Å². The molecule has 0 unspecified atom stereocenters. The van der Waals surface area contributed by atoms with Crippen LogP contribution in [0.25, 0.3) is 0 Å². The molecule has 0 fully saturated rings. The summed E-state index contributed by atoms with van der Waals surface area (Å²) in [5.74, 6) is -0.119. The maximum absolute atomic E-state index is 12.1. The van der Waals surface area contributed by atoms with E-state index in [0.717, 1.165) is 43.4 Å². The van der Waals surface area contributed by atoms with E-state index in [1.807, 2.05) is 73.6 Å². The van der Waals surface area contributed by atoms with Gasteiger partial charge in [-0.05, 0) is 42.7 Å². The van der Waals surface area contributed by atoms with E-state index in [9.17, 15) is 9.59 Å². The monoisotopic (exact) mass is 411 g/mol. The summed E-state index contributed by atoms with van der Waals surface area (Å²) in [6, 6.07) is 17.3. The molecule has 30 heavy (non-hydrogen) atoms. The van der Waals surface area contributed by atoms with Gasteiger partial charge in [-0.25, -0.2) is 5.48 Å². The molecule has 0 atom stereocenters. The normalized spacial score (nSPS) is 10.5. The first-order valence-electron chi connectivity index (χ1n) is 10.6. The molecule has 2 aromatic rings. The Morgan fingerprint density at radius 1 is 0.867 bits per heavy atom. The minimum Gasteiger partial charge on any atom is -0.378 e. The number of carbonyl (C=O) groups excluding carboxylic acids is 2. The Hall–Kier alpha value is -2.86. The second-order valence-electron chi connectivity index (χ2n) is 7.51. The lowest BCUT2D eigenvalue weighted by atomic mass is 10.1. The SMILES string of the molecule is CN(C)c1ccc(C(=O)NCCCCCCCC(=O)NOCc2ccccc2)cc1. The Morgan fingerprint density at radius 2 is 1.53 bits per heavy atom. The number of carbonyl (C=O) groups is 2.